The van der Waals surface area contributed by atoms with E-state index in [1.54, 1.807) is 0 Å². The third kappa shape index (κ3) is 4.49. The van der Waals surface area contributed by atoms with Crippen LogP contribution in [0.4, 0.5) is 5.13 Å². The smallest absolute Gasteiger partial charge is 0.251 e. The maximum absolute atomic E-state index is 12.2. The molecule has 1 amide bonds. The van der Waals surface area contributed by atoms with Crippen molar-refractivity contribution in [3.8, 4) is 0 Å². The lowest BCUT2D eigenvalue weighted by atomic mass is 10.1. The Hall–Kier alpha value is -1.99. The maximum atomic E-state index is 12.2. The lowest BCUT2D eigenvalue weighted by molar-refractivity contribution is 0.0857. The first-order valence-corrected chi connectivity index (χ1v) is 8.51. The van der Waals surface area contributed by atoms with Gasteiger partial charge in [-0.3, -0.25) is 4.79 Å². The first kappa shape index (κ1) is 15.9. The van der Waals surface area contributed by atoms with E-state index in [0.29, 0.717) is 18.7 Å². The summed E-state index contributed by atoms with van der Waals surface area (Å²) in [6.45, 7) is 3.85. The fraction of sp³-hybridized carbons (Fsp3) is 0.438. The SMILES string of the molecule is Cc1nsc(NCc2cccc(C(=O)NCC3CCCO3)c2)n1. The Morgan fingerprint density at radius 1 is 1.48 bits per heavy atom. The molecule has 1 unspecified atom stereocenters. The molecule has 122 valence electrons. The number of amides is 1. The van der Waals surface area contributed by atoms with E-state index in [4.69, 9.17) is 4.74 Å². The van der Waals surface area contributed by atoms with Crippen molar-refractivity contribution in [2.24, 2.45) is 0 Å². The highest BCUT2D eigenvalue weighted by Gasteiger charge is 2.16. The highest BCUT2D eigenvalue weighted by atomic mass is 32.1. The summed E-state index contributed by atoms with van der Waals surface area (Å²) < 4.78 is 9.64. The molecule has 0 bridgehead atoms. The zero-order valence-corrected chi connectivity index (χ0v) is 13.9. The van der Waals surface area contributed by atoms with E-state index in [0.717, 1.165) is 36.0 Å². The quantitative estimate of drug-likeness (QED) is 0.849. The minimum atomic E-state index is -0.0610. The predicted molar refractivity (Wildman–Crippen MR) is 89.7 cm³/mol. The van der Waals surface area contributed by atoms with Crippen LogP contribution in [0.1, 0.15) is 34.6 Å². The van der Waals surface area contributed by atoms with Crippen molar-refractivity contribution in [3.05, 3.63) is 41.2 Å². The molecule has 1 saturated heterocycles. The number of carbonyl (C=O) groups excluding carboxylic acids is 1. The van der Waals surface area contributed by atoms with Gasteiger partial charge in [-0.25, -0.2) is 4.98 Å². The second-order valence-electron chi connectivity index (χ2n) is 5.55. The number of benzene rings is 1. The van der Waals surface area contributed by atoms with Gasteiger partial charge >= 0.3 is 0 Å². The Labute approximate surface area is 139 Å². The van der Waals surface area contributed by atoms with Crippen molar-refractivity contribution >= 4 is 22.6 Å². The van der Waals surface area contributed by atoms with Gasteiger partial charge in [0.1, 0.15) is 5.82 Å². The second kappa shape index (κ2) is 7.52. The number of aryl methyl sites for hydroxylation is 1. The Kier molecular flexibility index (Phi) is 5.19. The van der Waals surface area contributed by atoms with Crippen LogP contribution in [0.3, 0.4) is 0 Å². The second-order valence-corrected chi connectivity index (χ2v) is 6.30. The van der Waals surface area contributed by atoms with Gasteiger partial charge in [-0.15, -0.1) is 0 Å². The molecular weight excluding hydrogens is 312 g/mol. The number of ether oxygens (including phenoxy) is 1. The first-order chi connectivity index (χ1) is 11.2. The molecular formula is C16H20N4O2S. The number of carbonyl (C=O) groups is 1. The number of rotatable bonds is 6. The van der Waals surface area contributed by atoms with Crippen molar-refractivity contribution in [1.82, 2.24) is 14.7 Å². The van der Waals surface area contributed by atoms with E-state index in [9.17, 15) is 4.79 Å². The van der Waals surface area contributed by atoms with Crippen molar-refractivity contribution < 1.29 is 9.53 Å². The fourth-order valence-electron chi connectivity index (χ4n) is 2.48. The average Bonchev–Trinajstić information content (AvgIpc) is 3.22. The molecule has 6 nitrogen and oxygen atoms in total. The van der Waals surface area contributed by atoms with Crippen molar-refractivity contribution in [2.45, 2.75) is 32.4 Å². The van der Waals surface area contributed by atoms with Crippen LogP contribution < -0.4 is 10.6 Å². The van der Waals surface area contributed by atoms with Gasteiger partial charge in [-0.2, -0.15) is 4.37 Å². The largest absolute Gasteiger partial charge is 0.376 e. The summed E-state index contributed by atoms with van der Waals surface area (Å²) in [4.78, 5) is 16.5. The molecule has 0 saturated carbocycles. The van der Waals surface area contributed by atoms with Crippen LogP contribution in [0.5, 0.6) is 0 Å². The molecule has 1 aliphatic heterocycles. The topological polar surface area (TPSA) is 76.1 Å². The molecule has 0 aliphatic carbocycles. The normalized spacial score (nSPS) is 17.2. The van der Waals surface area contributed by atoms with Gasteiger partial charge in [-0.05, 0) is 37.5 Å². The zero-order chi connectivity index (χ0) is 16.1. The highest BCUT2D eigenvalue weighted by molar-refractivity contribution is 7.09. The highest BCUT2D eigenvalue weighted by Crippen LogP contribution is 2.14. The average molecular weight is 332 g/mol. The Bertz CT molecular complexity index is 668. The molecule has 2 heterocycles. The van der Waals surface area contributed by atoms with E-state index < -0.39 is 0 Å². The third-order valence-electron chi connectivity index (χ3n) is 3.67. The molecule has 23 heavy (non-hydrogen) atoms. The van der Waals surface area contributed by atoms with Gasteiger partial charge in [0.05, 0.1) is 6.10 Å². The summed E-state index contributed by atoms with van der Waals surface area (Å²) >= 11 is 1.34. The zero-order valence-electron chi connectivity index (χ0n) is 13.0. The van der Waals surface area contributed by atoms with Crippen molar-refractivity contribution in [2.75, 3.05) is 18.5 Å². The summed E-state index contributed by atoms with van der Waals surface area (Å²) in [5, 5.41) is 6.95. The van der Waals surface area contributed by atoms with Crippen LogP contribution in [-0.2, 0) is 11.3 Å². The van der Waals surface area contributed by atoms with Crippen LogP contribution >= 0.6 is 11.5 Å². The molecule has 1 aliphatic rings. The molecule has 1 fully saturated rings. The number of anilines is 1. The summed E-state index contributed by atoms with van der Waals surface area (Å²) in [6, 6.07) is 7.59. The Morgan fingerprint density at radius 3 is 3.13 bits per heavy atom. The van der Waals surface area contributed by atoms with Crippen LogP contribution in [-0.4, -0.2) is 34.5 Å². The molecule has 2 N–H and O–H groups in total. The predicted octanol–water partition coefficient (Wildman–Crippen LogP) is 2.37. The molecule has 2 aromatic rings. The molecule has 7 heteroatoms. The van der Waals surface area contributed by atoms with Gasteiger partial charge in [0, 0.05) is 36.8 Å². The molecule has 0 radical (unpaired) electrons. The van der Waals surface area contributed by atoms with E-state index in [-0.39, 0.29) is 12.0 Å². The van der Waals surface area contributed by atoms with Gasteiger partial charge in [0.15, 0.2) is 0 Å². The minimum absolute atomic E-state index is 0.0610. The Balaban J connectivity index is 1.54. The third-order valence-corrected chi connectivity index (χ3v) is 4.44. The standard InChI is InChI=1S/C16H20N4O2S/c1-11-19-16(23-20-11)18-9-12-4-2-5-13(8-12)15(21)17-10-14-6-3-7-22-14/h2,4-5,8,14H,3,6-7,9-10H2,1H3,(H,17,21)(H,18,19,20). The summed E-state index contributed by atoms with van der Waals surface area (Å²) in [5.41, 5.74) is 1.69. The first-order valence-electron chi connectivity index (χ1n) is 7.73. The molecule has 3 rings (SSSR count). The van der Waals surface area contributed by atoms with E-state index in [2.05, 4.69) is 20.0 Å². The van der Waals surface area contributed by atoms with Gasteiger partial charge < -0.3 is 15.4 Å². The molecule has 1 aromatic carbocycles. The van der Waals surface area contributed by atoms with Gasteiger partial charge in [0.2, 0.25) is 5.13 Å². The molecule has 1 atom stereocenters. The minimum Gasteiger partial charge on any atom is -0.376 e. The van der Waals surface area contributed by atoms with Crippen LogP contribution in [0, 0.1) is 6.92 Å². The van der Waals surface area contributed by atoms with Gasteiger partial charge in [0.25, 0.3) is 5.91 Å². The fourth-order valence-corrected chi connectivity index (χ4v) is 3.05. The lowest BCUT2D eigenvalue weighted by Gasteiger charge is -2.11. The summed E-state index contributed by atoms with van der Waals surface area (Å²) in [7, 11) is 0. The van der Waals surface area contributed by atoms with E-state index in [1.165, 1.54) is 11.5 Å². The number of hydrogen-bond acceptors (Lipinski definition) is 6. The Morgan fingerprint density at radius 2 is 2.39 bits per heavy atom. The number of nitrogens with zero attached hydrogens (tertiary/aromatic N) is 2. The van der Waals surface area contributed by atoms with Crippen LogP contribution in [0.2, 0.25) is 0 Å². The van der Waals surface area contributed by atoms with Crippen molar-refractivity contribution in [1.29, 1.82) is 0 Å². The van der Waals surface area contributed by atoms with Crippen LogP contribution in [0.15, 0.2) is 24.3 Å². The van der Waals surface area contributed by atoms with E-state index in [1.807, 2.05) is 31.2 Å². The van der Waals surface area contributed by atoms with E-state index >= 15 is 0 Å². The molecule has 1 aromatic heterocycles. The number of nitrogens with one attached hydrogen (secondary N) is 2. The lowest BCUT2D eigenvalue weighted by Crippen LogP contribution is -2.31. The van der Waals surface area contributed by atoms with Crippen molar-refractivity contribution in [3.63, 3.8) is 0 Å². The van der Waals surface area contributed by atoms with Crippen LogP contribution in [0.25, 0.3) is 0 Å². The summed E-state index contributed by atoms with van der Waals surface area (Å²) in [6.07, 6.45) is 2.25. The summed E-state index contributed by atoms with van der Waals surface area (Å²) in [5.74, 6) is 0.703. The maximum Gasteiger partial charge on any atom is 0.251 e. The number of hydrogen-bond donors (Lipinski definition) is 2. The monoisotopic (exact) mass is 332 g/mol. The van der Waals surface area contributed by atoms with Gasteiger partial charge in [-0.1, -0.05) is 12.1 Å². The number of aromatic nitrogens is 2. The molecule has 0 spiro atoms.